The fraction of sp³-hybridized carbons (Fsp3) is 0.421. The maximum atomic E-state index is 13.0. The number of pyridine rings is 1. The molecule has 2 heterocycles. The maximum absolute atomic E-state index is 13.0. The van der Waals surface area contributed by atoms with E-state index in [4.69, 9.17) is 0 Å². The van der Waals surface area contributed by atoms with Crippen LogP contribution >= 0.6 is 15.9 Å². The van der Waals surface area contributed by atoms with Gasteiger partial charge in [0.1, 0.15) is 11.5 Å². The van der Waals surface area contributed by atoms with Gasteiger partial charge >= 0.3 is 6.18 Å². The van der Waals surface area contributed by atoms with E-state index < -0.39 is 22.0 Å². The normalized spacial score (nSPS) is 24.7. The van der Waals surface area contributed by atoms with Crippen LogP contribution in [0.25, 0.3) is 0 Å². The van der Waals surface area contributed by atoms with Crippen molar-refractivity contribution in [1.82, 2.24) is 4.98 Å². The lowest BCUT2D eigenvalue weighted by atomic mass is 9.87. The highest BCUT2D eigenvalue weighted by Crippen LogP contribution is 2.50. The van der Waals surface area contributed by atoms with Crippen molar-refractivity contribution in [2.75, 3.05) is 18.0 Å². The van der Waals surface area contributed by atoms with Crippen LogP contribution in [0.1, 0.15) is 30.0 Å². The van der Waals surface area contributed by atoms with Crippen molar-refractivity contribution in [3.63, 3.8) is 0 Å². The average Bonchev–Trinajstić information content (AvgIpc) is 3.21. The van der Waals surface area contributed by atoms with Crippen molar-refractivity contribution in [1.29, 1.82) is 0 Å². The Kier molecular flexibility index (Phi) is 5.15. The fourth-order valence-corrected chi connectivity index (χ4v) is 5.62. The first-order valence-electron chi connectivity index (χ1n) is 9.10. The molecule has 0 spiro atoms. The second-order valence-corrected chi connectivity index (χ2v) is 9.83. The lowest BCUT2D eigenvalue weighted by Gasteiger charge is -2.23. The summed E-state index contributed by atoms with van der Waals surface area (Å²) in [6.07, 6.45) is -2.74. The Morgan fingerprint density at radius 3 is 2.59 bits per heavy atom. The molecule has 1 aromatic heterocycles. The summed E-state index contributed by atoms with van der Waals surface area (Å²) in [5, 5.41) is 0. The molecule has 1 N–H and O–H groups in total. The highest BCUT2D eigenvalue weighted by atomic mass is 79.9. The van der Waals surface area contributed by atoms with Gasteiger partial charge in [0.05, 0.1) is 4.90 Å². The minimum Gasteiger partial charge on any atom is -0.356 e. The SMILES string of the molecule is O=S(=O)(O)c1ccc(Br)c([C@@H]2CC[C@@H]3CN(c4cccc(C(F)(F)F)n4)C[C@@H]32)c1. The average molecular weight is 491 g/mol. The summed E-state index contributed by atoms with van der Waals surface area (Å²) in [5.41, 5.74) is -0.112. The lowest BCUT2D eigenvalue weighted by molar-refractivity contribution is -0.141. The van der Waals surface area contributed by atoms with E-state index >= 15 is 0 Å². The zero-order chi connectivity index (χ0) is 21.0. The number of halogens is 4. The molecular weight excluding hydrogens is 473 g/mol. The largest absolute Gasteiger partial charge is 0.433 e. The molecule has 2 aromatic rings. The smallest absolute Gasteiger partial charge is 0.356 e. The minimum absolute atomic E-state index is 0.0480. The summed E-state index contributed by atoms with van der Waals surface area (Å²) in [6, 6.07) is 8.33. The molecule has 156 valence electrons. The summed E-state index contributed by atoms with van der Waals surface area (Å²) in [5.74, 6) is 0.808. The summed E-state index contributed by atoms with van der Waals surface area (Å²) >= 11 is 3.47. The molecule has 1 saturated heterocycles. The van der Waals surface area contributed by atoms with Crippen molar-refractivity contribution in [3.05, 3.63) is 52.1 Å². The number of alkyl halides is 3. The summed E-state index contributed by atoms with van der Waals surface area (Å²) in [7, 11) is -4.31. The van der Waals surface area contributed by atoms with Crippen LogP contribution < -0.4 is 4.90 Å². The Morgan fingerprint density at radius 1 is 1.14 bits per heavy atom. The Morgan fingerprint density at radius 2 is 1.90 bits per heavy atom. The van der Waals surface area contributed by atoms with Crippen LogP contribution in [-0.2, 0) is 16.3 Å². The van der Waals surface area contributed by atoms with Gasteiger partial charge in [-0.1, -0.05) is 22.0 Å². The van der Waals surface area contributed by atoms with Gasteiger partial charge in [-0.3, -0.25) is 4.55 Å². The standard InChI is InChI=1S/C19H18BrF3N2O3S/c20-16-7-5-12(29(26,27)28)8-14(16)13-6-4-11-9-25(10-15(11)13)18-3-1-2-17(24-18)19(21,22)23/h1-3,5,7-8,11,13,15H,4,6,9-10H2,(H,26,27,28)/t11-,13+,15+/m1/s1. The predicted octanol–water partition coefficient (Wildman–Crippen LogP) is 4.74. The van der Waals surface area contributed by atoms with Crippen LogP contribution in [0, 0.1) is 11.8 Å². The first-order chi connectivity index (χ1) is 13.5. The van der Waals surface area contributed by atoms with Gasteiger partial charge in [-0.05, 0) is 66.5 Å². The third-order valence-corrected chi connectivity index (χ3v) is 7.44. The zero-order valence-corrected chi connectivity index (χ0v) is 17.5. The van der Waals surface area contributed by atoms with Crippen LogP contribution in [0.3, 0.4) is 0 Å². The van der Waals surface area contributed by atoms with Crippen LogP contribution in [0.4, 0.5) is 19.0 Å². The quantitative estimate of drug-likeness (QED) is 0.629. The molecule has 1 aliphatic carbocycles. The number of aromatic nitrogens is 1. The molecule has 0 unspecified atom stereocenters. The molecule has 10 heteroatoms. The molecule has 1 aromatic carbocycles. The van der Waals surface area contributed by atoms with Gasteiger partial charge in [0.25, 0.3) is 10.1 Å². The molecule has 2 aliphatic rings. The van der Waals surface area contributed by atoms with E-state index in [1.54, 1.807) is 12.1 Å². The maximum Gasteiger partial charge on any atom is 0.433 e. The van der Waals surface area contributed by atoms with E-state index in [2.05, 4.69) is 20.9 Å². The number of hydrogen-bond donors (Lipinski definition) is 1. The molecule has 0 radical (unpaired) electrons. The van der Waals surface area contributed by atoms with E-state index in [0.717, 1.165) is 28.9 Å². The molecule has 1 saturated carbocycles. The van der Waals surface area contributed by atoms with Crippen LogP contribution in [-0.4, -0.2) is 31.0 Å². The fourth-order valence-electron chi connectivity index (χ4n) is 4.56. The van der Waals surface area contributed by atoms with E-state index in [0.29, 0.717) is 18.9 Å². The first-order valence-corrected chi connectivity index (χ1v) is 11.3. The number of hydrogen-bond acceptors (Lipinski definition) is 4. The number of anilines is 1. The second-order valence-electron chi connectivity index (χ2n) is 7.55. The van der Waals surface area contributed by atoms with Crippen molar-refractivity contribution in [2.45, 2.75) is 29.8 Å². The van der Waals surface area contributed by atoms with E-state index in [1.807, 2.05) is 4.90 Å². The summed E-state index contributed by atoms with van der Waals surface area (Å²) in [6.45, 7) is 1.16. The number of fused-ring (bicyclic) bond motifs is 1. The highest BCUT2D eigenvalue weighted by Gasteiger charge is 2.44. The van der Waals surface area contributed by atoms with Gasteiger partial charge in [-0.2, -0.15) is 21.6 Å². The molecule has 0 bridgehead atoms. The summed E-state index contributed by atoms with van der Waals surface area (Å²) in [4.78, 5) is 5.51. The number of benzene rings is 1. The lowest BCUT2D eigenvalue weighted by Crippen LogP contribution is -2.24. The Hall–Kier alpha value is -1.65. The molecule has 1 aliphatic heterocycles. The van der Waals surface area contributed by atoms with Crippen LogP contribution in [0.5, 0.6) is 0 Å². The van der Waals surface area contributed by atoms with Crippen LogP contribution in [0.15, 0.2) is 45.8 Å². The highest BCUT2D eigenvalue weighted by molar-refractivity contribution is 9.10. The van der Waals surface area contributed by atoms with Crippen molar-refractivity contribution < 1.29 is 26.1 Å². The van der Waals surface area contributed by atoms with Gasteiger partial charge in [0.15, 0.2) is 0 Å². The molecule has 5 nitrogen and oxygen atoms in total. The molecule has 0 amide bonds. The first kappa shape index (κ1) is 20.6. The minimum atomic E-state index is -4.49. The molecule has 2 fully saturated rings. The van der Waals surface area contributed by atoms with Crippen molar-refractivity contribution >= 4 is 31.9 Å². The van der Waals surface area contributed by atoms with Crippen molar-refractivity contribution in [2.24, 2.45) is 11.8 Å². The molecule has 29 heavy (non-hydrogen) atoms. The second kappa shape index (κ2) is 7.24. The van der Waals surface area contributed by atoms with E-state index in [-0.39, 0.29) is 22.6 Å². The van der Waals surface area contributed by atoms with Gasteiger partial charge in [0.2, 0.25) is 0 Å². The van der Waals surface area contributed by atoms with Gasteiger partial charge in [-0.15, -0.1) is 0 Å². The Balaban J connectivity index is 1.60. The topological polar surface area (TPSA) is 70.5 Å². The predicted molar refractivity (Wildman–Crippen MR) is 104 cm³/mol. The van der Waals surface area contributed by atoms with Gasteiger partial charge < -0.3 is 4.90 Å². The molecule has 3 atom stereocenters. The van der Waals surface area contributed by atoms with Crippen molar-refractivity contribution in [3.8, 4) is 0 Å². The number of rotatable bonds is 3. The third kappa shape index (κ3) is 4.02. The van der Waals surface area contributed by atoms with Crippen LogP contribution in [0.2, 0.25) is 0 Å². The van der Waals surface area contributed by atoms with E-state index in [9.17, 15) is 26.1 Å². The Bertz CT molecular complexity index is 1050. The van der Waals surface area contributed by atoms with Gasteiger partial charge in [-0.25, -0.2) is 4.98 Å². The molecular formula is C19H18BrF3N2O3S. The summed E-state index contributed by atoms with van der Waals surface area (Å²) < 4.78 is 72.1. The zero-order valence-electron chi connectivity index (χ0n) is 15.1. The third-order valence-electron chi connectivity index (χ3n) is 5.87. The monoisotopic (exact) mass is 490 g/mol. The van der Waals surface area contributed by atoms with Gasteiger partial charge in [0, 0.05) is 17.6 Å². The Labute approximate surface area is 174 Å². The number of nitrogens with zero attached hydrogens (tertiary/aromatic N) is 2. The molecule has 4 rings (SSSR count). The van der Waals surface area contributed by atoms with E-state index in [1.165, 1.54) is 18.2 Å².